The molecular weight excluding hydrogens is 450 g/mol. The van der Waals surface area contributed by atoms with E-state index >= 15 is 0 Å². The van der Waals surface area contributed by atoms with E-state index in [9.17, 15) is 24.0 Å². The van der Waals surface area contributed by atoms with Crippen LogP contribution in [0.3, 0.4) is 0 Å². The Kier molecular flexibility index (Phi) is 12.2. The molecular formula is C22H30ClN5O5. The second-order valence-electron chi connectivity index (χ2n) is 7.18. The fourth-order valence-corrected chi connectivity index (χ4v) is 2.98. The first-order valence-electron chi connectivity index (χ1n) is 10.4. The van der Waals surface area contributed by atoms with Crippen LogP contribution in [0.1, 0.15) is 31.7 Å². The number of benzene rings is 1. The lowest BCUT2D eigenvalue weighted by Gasteiger charge is -2.24. The summed E-state index contributed by atoms with van der Waals surface area (Å²) in [7, 11) is 1.39. The topological polar surface area (TPSA) is 137 Å². The monoisotopic (exact) mass is 479 g/mol. The first kappa shape index (κ1) is 27.6. The summed E-state index contributed by atoms with van der Waals surface area (Å²) in [5.41, 5.74) is 1.98. The summed E-state index contributed by atoms with van der Waals surface area (Å²) in [6.07, 6.45) is 2.74. The third kappa shape index (κ3) is 9.73. The van der Waals surface area contributed by atoms with Crippen LogP contribution in [0.15, 0.2) is 30.0 Å². The number of amides is 5. The van der Waals surface area contributed by atoms with Gasteiger partial charge in [0.25, 0.3) is 5.91 Å². The van der Waals surface area contributed by atoms with Crippen molar-refractivity contribution in [3.05, 3.63) is 40.6 Å². The summed E-state index contributed by atoms with van der Waals surface area (Å²) in [6, 6.07) is 3.79. The maximum absolute atomic E-state index is 12.4. The van der Waals surface area contributed by atoms with Gasteiger partial charge in [-0.1, -0.05) is 17.7 Å². The highest BCUT2D eigenvalue weighted by molar-refractivity contribution is 6.31. The molecule has 180 valence electrons. The van der Waals surface area contributed by atoms with Gasteiger partial charge < -0.3 is 26.1 Å². The molecule has 0 bridgehead atoms. The van der Waals surface area contributed by atoms with Crippen LogP contribution < -0.4 is 21.3 Å². The number of aldehydes is 1. The van der Waals surface area contributed by atoms with E-state index in [-0.39, 0.29) is 25.3 Å². The van der Waals surface area contributed by atoms with Crippen LogP contribution in [0.4, 0.5) is 10.5 Å². The number of halogens is 1. The number of imide groups is 1. The third-order valence-electron chi connectivity index (χ3n) is 4.62. The lowest BCUT2D eigenvalue weighted by molar-refractivity contribution is -0.143. The van der Waals surface area contributed by atoms with Crippen molar-refractivity contribution in [3.8, 4) is 0 Å². The van der Waals surface area contributed by atoms with Crippen LogP contribution in [0, 0.1) is 6.92 Å². The van der Waals surface area contributed by atoms with Crippen LogP contribution in [-0.4, -0.2) is 61.6 Å². The summed E-state index contributed by atoms with van der Waals surface area (Å²) >= 11 is 6.03. The molecule has 0 aliphatic rings. The van der Waals surface area contributed by atoms with Gasteiger partial charge in [-0.05, 0) is 44.4 Å². The van der Waals surface area contributed by atoms with Gasteiger partial charge in [-0.3, -0.25) is 19.3 Å². The molecule has 1 aromatic rings. The molecule has 0 radical (unpaired) electrons. The number of nitrogens with zero attached hydrogens (tertiary/aromatic N) is 1. The summed E-state index contributed by atoms with van der Waals surface area (Å²) < 4.78 is 0. The van der Waals surface area contributed by atoms with Gasteiger partial charge in [-0.25, -0.2) is 4.79 Å². The van der Waals surface area contributed by atoms with Crippen molar-refractivity contribution >= 4 is 47.8 Å². The molecule has 10 nitrogen and oxygen atoms in total. The summed E-state index contributed by atoms with van der Waals surface area (Å²) in [5, 5.41) is 11.4. The summed E-state index contributed by atoms with van der Waals surface area (Å²) in [4.78, 5) is 59.2. The average molecular weight is 480 g/mol. The first-order chi connectivity index (χ1) is 15.7. The van der Waals surface area contributed by atoms with E-state index in [2.05, 4.69) is 21.3 Å². The second-order valence-corrected chi connectivity index (χ2v) is 7.58. The quantitative estimate of drug-likeness (QED) is 0.193. The Morgan fingerprint density at radius 1 is 1.15 bits per heavy atom. The van der Waals surface area contributed by atoms with Crippen molar-refractivity contribution in [2.75, 3.05) is 25.5 Å². The Labute approximate surface area is 198 Å². The largest absolute Gasteiger partial charge is 0.388 e. The van der Waals surface area contributed by atoms with Crippen LogP contribution in [0.5, 0.6) is 0 Å². The molecule has 5 amide bonds. The van der Waals surface area contributed by atoms with E-state index in [0.29, 0.717) is 42.2 Å². The number of urea groups is 1. The van der Waals surface area contributed by atoms with Crippen molar-refractivity contribution in [2.45, 2.75) is 39.2 Å². The molecule has 1 atom stereocenters. The molecule has 0 aliphatic carbocycles. The van der Waals surface area contributed by atoms with Crippen molar-refractivity contribution in [2.24, 2.45) is 0 Å². The predicted octanol–water partition coefficient (Wildman–Crippen LogP) is 1.73. The molecule has 0 saturated carbocycles. The number of hydrogen-bond donors (Lipinski definition) is 4. The van der Waals surface area contributed by atoms with E-state index < -0.39 is 17.9 Å². The number of carbonyl (C=O) groups is 5. The van der Waals surface area contributed by atoms with E-state index in [1.54, 1.807) is 19.1 Å². The molecule has 0 aromatic heterocycles. The lowest BCUT2D eigenvalue weighted by atomic mass is 10.1. The Morgan fingerprint density at radius 3 is 2.45 bits per heavy atom. The van der Waals surface area contributed by atoms with E-state index in [0.717, 1.165) is 10.5 Å². The van der Waals surface area contributed by atoms with Crippen molar-refractivity contribution in [1.82, 2.24) is 20.9 Å². The van der Waals surface area contributed by atoms with Crippen LogP contribution in [0.2, 0.25) is 5.02 Å². The number of rotatable bonds is 13. The van der Waals surface area contributed by atoms with Crippen molar-refractivity contribution in [1.29, 1.82) is 0 Å². The number of aryl methyl sites for hydroxylation is 1. The van der Waals surface area contributed by atoms with Crippen LogP contribution in [0.25, 0.3) is 0 Å². The predicted molar refractivity (Wildman–Crippen MR) is 126 cm³/mol. The minimum atomic E-state index is -1.07. The highest BCUT2D eigenvalue weighted by atomic mass is 35.5. The molecule has 0 aliphatic heterocycles. The molecule has 11 heteroatoms. The zero-order valence-corrected chi connectivity index (χ0v) is 19.7. The molecule has 33 heavy (non-hydrogen) atoms. The van der Waals surface area contributed by atoms with Gasteiger partial charge in [0.1, 0.15) is 12.3 Å². The fourth-order valence-electron chi connectivity index (χ4n) is 2.80. The van der Waals surface area contributed by atoms with E-state index in [1.807, 2.05) is 13.0 Å². The Hall–Kier alpha value is -3.40. The minimum Gasteiger partial charge on any atom is -0.388 e. The Bertz CT molecular complexity index is 890. The molecule has 4 N–H and O–H groups in total. The number of carbonyl (C=O) groups excluding carboxylic acids is 5. The van der Waals surface area contributed by atoms with Crippen molar-refractivity contribution in [3.63, 3.8) is 0 Å². The number of likely N-dealkylation sites (N-methyl/N-ethyl adjacent to an activating group) is 1. The zero-order chi connectivity index (χ0) is 24.8. The summed E-state index contributed by atoms with van der Waals surface area (Å²) in [6.45, 7) is 4.35. The Balaban J connectivity index is 2.47. The second kappa shape index (κ2) is 14.6. The van der Waals surface area contributed by atoms with E-state index in [4.69, 9.17) is 11.6 Å². The number of nitrogens with one attached hydrogen (secondary N) is 4. The minimum absolute atomic E-state index is 0.0359. The van der Waals surface area contributed by atoms with E-state index in [1.165, 1.54) is 13.1 Å². The van der Waals surface area contributed by atoms with Crippen molar-refractivity contribution < 1.29 is 24.0 Å². The molecule has 0 fully saturated rings. The number of hydrogen-bond acceptors (Lipinski definition) is 6. The van der Waals surface area contributed by atoms with Gasteiger partial charge in [0.2, 0.25) is 12.3 Å². The Morgan fingerprint density at radius 2 is 1.85 bits per heavy atom. The molecule has 1 unspecified atom stereocenters. The first-order valence-corrected chi connectivity index (χ1v) is 10.8. The highest BCUT2D eigenvalue weighted by Crippen LogP contribution is 2.19. The van der Waals surface area contributed by atoms with Gasteiger partial charge >= 0.3 is 6.03 Å². The van der Waals surface area contributed by atoms with Gasteiger partial charge in [-0.2, -0.15) is 0 Å². The maximum atomic E-state index is 12.4. The average Bonchev–Trinajstić information content (AvgIpc) is 2.78. The van der Waals surface area contributed by atoms with Crippen LogP contribution in [-0.2, 0) is 19.2 Å². The normalized spacial score (nSPS) is 11.7. The molecule has 0 heterocycles. The van der Waals surface area contributed by atoms with Gasteiger partial charge in [0.15, 0.2) is 0 Å². The number of anilines is 1. The highest BCUT2D eigenvalue weighted by Gasteiger charge is 2.27. The molecule has 1 aromatic carbocycles. The molecule has 1 rings (SSSR count). The lowest BCUT2D eigenvalue weighted by Crippen LogP contribution is -2.48. The maximum Gasteiger partial charge on any atom is 0.319 e. The van der Waals surface area contributed by atoms with Gasteiger partial charge in [0.05, 0.1) is 0 Å². The third-order valence-corrected chi connectivity index (χ3v) is 5.03. The molecule has 0 spiro atoms. The summed E-state index contributed by atoms with van der Waals surface area (Å²) in [5.74, 6) is -1.21. The number of allylic oxidation sites excluding steroid dienone is 1. The van der Waals surface area contributed by atoms with Gasteiger partial charge in [-0.15, -0.1) is 0 Å². The SMILES string of the molecule is CNC(=O)C(CCC=O)N(C=O)C(=O)/C=C(\C)NCCCNC(=O)Nc1ccc(C)c(Cl)c1. The molecule has 0 saturated heterocycles. The standard InChI is InChI=1S/C22H30ClN5O5/c1-15-7-8-17(13-18(15)23)27-22(33)26-10-5-9-25-16(2)12-20(31)28(14-30)19(6-4-11-29)21(32)24-3/h7-8,11-14,19,25H,4-6,9-10H2,1-3H3,(H,24,32)(H2,26,27,33)/b16-12+. The fraction of sp³-hybridized carbons (Fsp3) is 0.409. The smallest absolute Gasteiger partial charge is 0.319 e. The van der Waals surface area contributed by atoms with Gasteiger partial charge in [0, 0.05) is 49.0 Å². The zero-order valence-electron chi connectivity index (χ0n) is 18.9. The van der Waals surface area contributed by atoms with Crippen LogP contribution >= 0.6 is 11.6 Å².